The molecule has 82 valence electrons. The Labute approximate surface area is 93.9 Å². The summed E-state index contributed by atoms with van der Waals surface area (Å²) in [6.07, 6.45) is 1.04. The lowest BCUT2D eigenvalue weighted by Gasteiger charge is -2.12. The smallest absolute Gasteiger partial charge is 0.159 e. The number of nitrogens with one attached hydrogen (secondary N) is 2. The van der Waals surface area contributed by atoms with E-state index in [1.807, 2.05) is 18.2 Å². The summed E-state index contributed by atoms with van der Waals surface area (Å²) < 4.78 is 0. The summed E-state index contributed by atoms with van der Waals surface area (Å²) in [6.45, 7) is 3.53. The van der Waals surface area contributed by atoms with Gasteiger partial charge in [-0.3, -0.25) is 4.79 Å². The fraction of sp³-hybridized carbons (Fsp3) is 0.308. The summed E-state index contributed by atoms with van der Waals surface area (Å²) >= 11 is 0. The lowest BCUT2D eigenvalue weighted by Crippen LogP contribution is -2.22. The highest BCUT2D eigenvalue weighted by Gasteiger charge is 2.15. The van der Waals surface area contributed by atoms with Gasteiger partial charge in [-0.05, 0) is 43.7 Å². The molecule has 2 N–H and O–H groups in total. The van der Waals surface area contributed by atoms with Crippen molar-refractivity contribution >= 4 is 16.7 Å². The van der Waals surface area contributed by atoms with Gasteiger partial charge in [0.05, 0.1) is 0 Å². The molecule has 0 atom stereocenters. The van der Waals surface area contributed by atoms with Crippen molar-refractivity contribution in [2.75, 3.05) is 6.54 Å². The first kappa shape index (κ1) is 9.60. The molecule has 0 radical (unpaired) electrons. The standard InChI is InChI=1S/C13H14N2O/c1-8(16)9-2-3-12-11(6-9)10-4-5-14-7-13(10)15-12/h2-3,6,14-15H,4-5,7H2,1H3. The zero-order valence-corrected chi connectivity index (χ0v) is 9.26. The number of benzene rings is 1. The second-order valence-corrected chi connectivity index (χ2v) is 4.33. The van der Waals surface area contributed by atoms with Crippen LogP contribution in [0.5, 0.6) is 0 Å². The van der Waals surface area contributed by atoms with Crippen LogP contribution in [0.15, 0.2) is 18.2 Å². The number of fused-ring (bicyclic) bond motifs is 3. The van der Waals surface area contributed by atoms with E-state index in [4.69, 9.17) is 0 Å². The largest absolute Gasteiger partial charge is 0.357 e. The number of hydrogen-bond acceptors (Lipinski definition) is 2. The average molecular weight is 214 g/mol. The van der Waals surface area contributed by atoms with E-state index < -0.39 is 0 Å². The SMILES string of the molecule is CC(=O)c1ccc2[nH]c3c(c2c1)CCNC3. The number of carbonyl (C=O) groups excluding carboxylic acids is 1. The third-order valence-corrected chi connectivity index (χ3v) is 3.25. The van der Waals surface area contributed by atoms with Gasteiger partial charge in [0.15, 0.2) is 5.78 Å². The van der Waals surface area contributed by atoms with Crippen molar-refractivity contribution in [2.45, 2.75) is 19.9 Å². The van der Waals surface area contributed by atoms with Crippen LogP contribution >= 0.6 is 0 Å². The summed E-state index contributed by atoms with van der Waals surface area (Å²) in [6, 6.07) is 5.91. The van der Waals surface area contributed by atoms with E-state index in [0.29, 0.717) is 0 Å². The zero-order valence-electron chi connectivity index (χ0n) is 9.26. The van der Waals surface area contributed by atoms with Crippen molar-refractivity contribution in [1.82, 2.24) is 10.3 Å². The summed E-state index contributed by atoms with van der Waals surface area (Å²) in [7, 11) is 0. The minimum absolute atomic E-state index is 0.130. The number of rotatable bonds is 1. The van der Waals surface area contributed by atoms with E-state index in [1.54, 1.807) is 6.92 Å². The molecule has 1 aliphatic rings. The van der Waals surface area contributed by atoms with Gasteiger partial charge in [-0.25, -0.2) is 0 Å². The molecule has 0 unspecified atom stereocenters. The van der Waals surface area contributed by atoms with Crippen LogP contribution < -0.4 is 5.32 Å². The third-order valence-electron chi connectivity index (χ3n) is 3.25. The highest BCUT2D eigenvalue weighted by Crippen LogP contribution is 2.26. The first-order chi connectivity index (χ1) is 7.75. The van der Waals surface area contributed by atoms with E-state index in [-0.39, 0.29) is 5.78 Å². The first-order valence-corrected chi connectivity index (χ1v) is 5.61. The van der Waals surface area contributed by atoms with Gasteiger partial charge in [0.25, 0.3) is 0 Å². The van der Waals surface area contributed by atoms with Crippen molar-refractivity contribution in [3.8, 4) is 0 Å². The monoisotopic (exact) mass is 214 g/mol. The Morgan fingerprint density at radius 2 is 2.25 bits per heavy atom. The second-order valence-electron chi connectivity index (χ2n) is 4.33. The Balaban J connectivity index is 2.25. The quantitative estimate of drug-likeness (QED) is 0.713. The molecule has 0 bridgehead atoms. The van der Waals surface area contributed by atoms with Gasteiger partial charge in [0.1, 0.15) is 0 Å². The number of Topliss-reactive ketones (excluding diaryl/α,β-unsaturated/α-hetero) is 1. The van der Waals surface area contributed by atoms with Crippen LogP contribution in [-0.2, 0) is 13.0 Å². The molecule has 2 aromatic rings. The van der Waals surface area contributed by atoms with E-state index >= 15 is 0 Å². The Morgan fingerprint density at radius 1 is 1.38 bits per heavy atom. The predicted octanol–water partition coefficient (Wildman–Crippen LogP) is 2.02. The molecule has 1 aliphatic heterocycles. The van der Waals surface area contributed by atoms with Gasteiger partial charge in [-0.15, -0.1) is 0 Å². The molecule has 16 heavy (non-hydrogen) atoms. The van der Waals surface area contributed by atoms with Crippen LogP contribution in [-0.4, -0.2) is 17.3 Å². The van der Waals surface area contributed by atoms with Crippen LogP contribution in [0.2, 0.25) is 0 Å². The van der Waals surface area contributed by atoms with Crippen molar-refractivity contribution in [3.63, 3.8) is 0 Å². The topological polar surface area (TPSA) is 44.9 Å². The molecule has 2 heterocycles. The minimum atomic E-state index is 0.130. The maximum absolute atomic E-state index is 11.4. The third kappa shape index (κ3) is 1.36. The molecule has 0 saturated carbocycles. The number of aromatic nitrogens is 1. The number of carbonyl (C=O) groups is 1. The normalized spacial score (nSPS) is 15.1. The van der Waals surface area contributed by atoms with Crippen molar-refractivity contribution in [3.05, 3.63) is 35.0 Å². The van der Waals surface area contributed by atoms with Gasteiger partial charge in [-0.2, -0.15) is 0 Å². The van der Waals surface area contributed by atoms with Gasteiger partial charge in [0, 0.05) is 28.7 Å². The predicted molar refractivity (Wildman–Crippen MR) is 63.7 cm³/mol. The second kappa shape index (κ2) is 3.46. The van der Waals surface area contributed by atoms with Gasteiger partial charge >= 0.3 is 0 Å². The molecule has 0 amide bonds. The molecule has 3 nitrogen and oxygen atoms in total. The summed E-state index contributed by atoms with van der Waals surface area (Å²) in [5.41, 5.74) is 4.57. The van der Waals surface area contributed by atoms with E-state index in [9.17, 15) is 4.79 Å². The zero-order chi connectivity index (χ0) is 11.1. The van der Waals surface area contributed by atoms with Crippen molar-refractivity contribution in [1.29, 1.82) is 0 Å². The van der Waals surface area contributed by atoms with Crippen LogP contribution in [0.3, 0.4) is 0 Å². The van der Waals surface area contributed by atoms with E-state index in [1.165, 1.54) is 16.6 Å². The molecule has 0 aliphatic carbocycles. The molecule has 0 fully saturated rings. The van der Waals surface area contributed by atoms with Crippen LogP contribution in [0, 0.1) is 0 Å². The fourth-order valence-electron chi connectivity index (χ4n) is 2.39. The highest BCUT2D eigenvalue weighted by atomic mass is 16.1. The maximum Gasteiger partial charge on any atom is 0.159 e. The van der Waals surface area contributed by atoms with Gasteiger partial charge < -0.3 is 10.3 Å². The maximum atomic E-state index is 11.4. The molecule has 1 aromatic heterocycles. The molecule has 3 heteroatoms. The van der Waals surface area contributed by atoms with Gasteiger partial charge in [0.2, 0.25) is 0 Å². The minimum Gasteiger partial charge on any atom is -0.357 e. The van der Waals surface area contributed by atoms with E-state index in [0.717, 1.165) is 30.6 Å². The van der Waals surface area contributed by atoms with Crippen LogP contribution in [0.1, 0.15) is 28.5 Å². The van der Waals surface area contributed by atoms with Crippen LogP contribution in [0.4, 0.5) is 0 Å². The van der Waals surface area contributed by atoms with Gasteiger partial charge in [-0.1, -0.05) is 0 Å². The highest BCUT2D eigenvalue weighted by molar-refractivity contribution is 5.99. The average Bonchev–Trinajstić information content (AvgIpc) is 2.66. The molecular weight excluding hydrogens is 200 g/mol. The van der Waals surface area contributed by atoms with Crippen LogP contribution in [0.25, 0.3) is 10.9 Å². The van der Waals surface area contributed by atoms with E-state index in [2.05, 4.69) is 10.3 Å². The summed E-state index contributed by atoms with van der Waals surface area (Å²) in [4.78, 5) is 14.8. The number of aromatic amines is 1. The number of hydrogen-bond donors (Lipinski definition) is 2. The number of H-pyrrole nitrogens is 1. The number of ketones is 1. The Hall–Kier alpha value is -1.61. The lowest BCUT2D eigenvalue weighted by molar-refractivity contribution is 0.101. The summed E-state index contributed by atoms with van der Waals surface area (Å²) in [5, 5.41) is 4.55. The molecule has 3 rings (SSSR count). The Morgan fingerprint density at radius 3 is 3.06 bits per heavy atom. The fourth-order valence-corrected chi connectivity index (χ4v) is 2.39. The summed E-state index contributed by atoms with van der Waals surface area (Å²) in [5.74, 6) is 0.130. The van der Waals surface area contributed by atoms with Crippen molar-refractivity contribution in [2.24, 2.45) is 0 Å². The molecular formula is C13H14N2O. The Kier molecular flexibility index (Phi) is 2.07. The molecule has 1 aromatic carbocycles. The molecule has 0 saturated heterocycles. The Bertz CT molecular complexity index is 569. The lowest BCUT2D eigenvalue weighted by atomic mass is 10.0. The van der Waals surface area contributed by atoms with Crippen molar-refractivity contribution < 1.29 is 4.79 Å². The molecule has 0 spiro atoms. The first-order valence-electron chi connectivity index (χ1n) is 5.61.